The van der Waals surface area contributed by atoms with Gasteiger partial charge in [-0.25, -0.2) is 4.98 Å². The maximum absolute atomic E-state index is 12.2. The highest BCUT2D eigenvalue weighted by Crippen LogP contribution is 2.25. The van der Waals surface area contributed by atoms with Crippen LogP contribution in [0.5, 0.6) is 0 Å². The first-order valence-electron chi connectivity index (χ1n) is 8.62. The first-order valence-corrected chi connectivity index (χ1v) is 8.62. The molecule has 0 atom stereocenters. The lowest BCUT2D eigenvalue weighted by Crippen LogP contribution is -2.41. The molecule has 0 aromatic carbocycles. The number of anilines is 1. The second kappa shape index (κ2) is 7.73. The van der Waals surface area contributed by atoms with Crippen molar-refractivity contribution in [2.45, 2.75) is 45.1 Å². The molecule has 1 aromatic heterocycles. The van der Waals surface area contributed by atoms with Gasteiger partial charge in [0, 0.05) is 51.2 Å². The van der Waals surface area contributed by atoms with Crippen LogP contribution in [0, 0.1) is 12.8 Å². The molecule has 1 N–H and O–H groups in total. The molecule has 0 aliphatic carbocycles. The molecule has 1 amide bonds. The van der Waals surface area contributed by atoms with E-state index in [4.69, 9.17) is 4.74 Å². The number of hydrogen-bond acceptors (Lipinski definition) is 5. The minimum absolute atomic E-state index is 0.200. The van der Waals surface area contributed by atoms with Crippen LogP contribution < -0.4 is 10.2 Å². The maximum Gasteiger partial charge on any atom is 0.220 e. The number of aromatic nitrogens is 2. The van der Waals surface area contributed by atoms with Gasteiger partial charge in [0.15, 0.2) is 0 Å². The third kappa shape index (κ3) is 4.41. The number of nitrogens with zero attached hydrogens (tertiary/aromatic N) is 3. The van der Waals surface area contributed by atoms with E-state index in [9.17, 15) is 4.79 Å². The average Bonchev–Trinajstić information content (AvgIpc) is 2.57. The Kier molecular flexibility index (Phi) is 5.43. The van der Waals surface area contributed by atoms with Crippen LogP contribution in [0.15, 0.2) is 12.4 Å². The van der Waals surface area contributed by atoms with Crippen molar-refractivity contribution in [3.05, 3.63) is 18.1 Å². The van der Waals surface area contributed by atoms with Crippen LogP contribution >= 0.6 is 0 Å². The van der Waals surface area contributed by atoms with E-state index < -0.39 is 0 Å². The van der Waals surface area contributed by atoms with E-state index >= 15 is 0 Å². The highest BCUT2D eigenvalue weighted by molar-refractivity contribution is 5.76. The highest BCUT2D eigenvalue weighted by Gasteiger charge is 2.24. The summed E-state index contributed by atoms with van der Waals surface area (Å²) in [5.41, 5.74) is 0.975. The average molecular weight is 318 g/mol. The Morgan fingerprint density at radius 2 is 1.91 bits per heavy atom. The zero-order chi connectivity index (χ0) is 16.1. The van der Waals surface area contributed by atoms with Crippen LogP contribution in [0.1, 0.15) is 37.8 Å². The molecule has 0 radical (unpaired) electrons. The second-order valence-electron chi connectivity index (χ2n) is 6.55. The Bertz CT molecular complexity index is 523. The fraction of sp³-hybridized carbons (Fsp3) is 0.706. The molecule has 2 aliphatic rings. The molecule has 2 aliphatic heterocycles. The van der Waals surface area contributed by atoms with Gasteiger partial charge in [-0.1, -0.05) is 0 Å². The number of carbonyl (C=O) groups is 1. The molecule has 3 rings (SSSR count). The van der Waals surface area contributed by atoms with E-state index in [1.165, 1.54) is 0 Å². The predicted molar refractivity (Wildman–Crippen MR) is 88.3 cm³/mol. The van der Waals surface area contributed by atoms with Crippen LogP contribution in [-0.4, -0.2) is 48.2 Å². The number of carbonyl (C=O) groups excluding carboxylic acids is 1. The molecule has 1 aromatic rings. The lowest BCUT2D eigenvalue weighted by Gasteiger charge is -2.33. The zero-order valence-electron chi connectivity index (χ0n) is 13.8. The van der Waals surface area contributed by atoms with Crippen molar-refractivity contribution in [2.24, 2.45) is 5.92 Å². The summed E-state index contributed by atoms with van der Waals surface area (Å²) in [4.78, 5) is 23.2. The second-order valence-corrected chi connectivity index (χ2v) is 6.55. The molecule has 0 unspecified atom stereocenters. The molecule has 0 spiro atoms. The standard InChI is InChI=1S/C17H26N4O2/c1-13-17(19-7-6-18-13)21-8-2-14(3-9-21)12-16(22)20-15-4-10-23-11-5-15/h6-7,14-15H,2-5,8-12H2,1H3,(H,20,22). The number of amides is 1. The van der Waals surface area contributed by atoms with Crippen LogP contribution in [0.3, 0.4) is 0 Å². The van der Waals surface area contributed by atoms with Crippen molar-refractivity contribution in [1.82, 2.24) is 15.3 Å². The van der Waals surface area contributed by atoms with E-state index in [-0.39, 0.29) is 5.91 Å². The molecule has 126 valence electrons. The number of ether oxygens (including phenoxy) is 1. The summed E-state index contributed by atoms with van der Waals surface area (Å²) < 4.78 is 5.33. The van der Waals surface area contributed by atoms with Gasteiger partial charge >= 0.3 is 0 Å². The summed E-state index contributed by atoms with van der Waals surface area (Å²) in [6.07, 6.45) is 8.08. The summed E-state index contributed by atoms with van der Waals surface area (Å²) in [5, 5.41) is 3.16. The molecule has 2 fully saturated rings. The van der Waals surface area contributed by atoms with Gasteiger partial charge in [-0.3, -0.25) is 9.78 Å². The smallest absolute Gasteiger partial charge is 0.220 e. The van der Waals surface area contributed by atoms with Crippen molar-refractivity contribution in [1.29, 1.82) is 0 Å². The third-order valence-electron chi connectivity index (χ3n) is 4.83. The van der Waals surface area contributed by atoms with Crippen LogP contribution in [0.4, 0.5) is 5.82 Å². The molecule has 0 saturated carbocycles. The highest BCUT2D eigenvalue weighted by atomic mass is 16.5. The summed E-state index contributed by atoms with van der Waals surface area (Å²) in [6, 6.07) is 0.304. The van der Waals surface area contributed by atoms with E-state index in [0.717, 1.165) is 63.5 Å². The lowest BCUT2D eigenvalue weighted by molar-refractivity contribution is -0.123. The van der Waals surface area contributed by atoms with Gasteiger partial charge in [0.1, 0.15) is 5.82 Å². The summed E-state index contributed by atoms with van der Waals surface area (Å²) in [5.74, 6) is 1.66. The summed E-state index contributed by atoms with van der Waals surface area (Å²) in [6.45, 7) is 5.43. The minimum Gasteiger partial charge on any atom is -0.381 e. The quantitative estimate of drug-likeness (QED) is 0.915. The molecule has 23 heavy (non-hydrogen) atoms. The molecular formula is C17H26N4O2. The molecule has 0 bridgehead atoms. The molecule has 6 nitrogen and oxygen atoms in total. The summed E-state index contributed by atoms with van der Waals surface area (Å²) >= 11 is 0. The Hall–Kier alpha value is -1.69. The number of rotatable bonds is 4. The van der Waals surface area contributed by atoms with E-state index in [2.05, 4.69) is 20.2 Å². The van der Waals surface area contributed by atoms with Gasteiger partial charge < -0.3 is 15.0 Å². The SMILES string of the molecule is Cc1nccnc1N1CCC(CC(=O)NC2CCOCC2)CC1. The van der Waals surface area contributed by atoms with E-state index in [1.54, 1.807) is 12.4 Å². The van der Waals surface area contributed by atoms with Crippen LogP contribution in [0.25, 0.3) is 0 Å². The Labute approximate surface area is 137 Å². The molecule has 6 heteroatoms. The molecular weight excluding hydrogens is 292 g/mol. The fourth-order valence-electron chi connectivity index (χ4n) is 3.45. The normalized spacial score (nSPS) is 20.5. The van der Waals surface area contributed by atoms with Crippen molar-refractivity contribution < 1.29 is 9.53 Å². The first-order chi connectivity index (χ1) is 11.2. The van der Waals surface area contributed by atoms with Gasteiger partial charge in [0.05, 0.1) is 5.69 Å². The monoisotopic (exact) mass is 318 g/mol. The summed E-state index contributed by atoms with van der Waals surface area (Å²) in [7, 11) is 0. The van der Waals surface area contributed by atoms with Gasteiger partial charge in [0.25, 0.3) is 0 Å². The Morgan fingerprint density at radius 1 is 1.22 bits per heavy atom. The van der Waals surface area contributed by atoms with Crippen molar-refractivity contribution in [3.8, 4) is 0 Å². The Balaban J connectivity index is 1.44. The molecule has 3 heterocycles. The zero-order valence-corrected chi connectivity index (χ0v) is 13.8. The third-order valence-corrected chi connectivity index (χ3v) is 4.83. The van der Waals surface area contributed by atoms with Gasteiger partial charge in [-0.05, 0) is 38.5 Å². The fourth-order valence-corrected chi connectivity index (χ4v) is 3.45. The van der Waals surface area contributed by atoms with Gasteiger partial charge in [0.2, 0.25) is 5.91 Å². The van der Waals surface area contributed by atoms with Gasteiger partial charge in [-0.2, -0.15) is 0 Å². The van der Waals surface area contributed by atoms with Crippen molar-refractivity contribution >= 4 is 11.7 Å². The number of aryl methyl sites for hydroxylation is 1. The van der Waals surface area contributed by atoms with Crippen LogP contribution in [-0.2, 0) is 9.53 Å². The predicted octanol–water partition coefficient (Wildman–Crippen LogP) is 1.69. The molecule has 2 saturated heterocycles. The largest absolute Gasteiger partial charge is 0.381 e. The lowest BCUT2D eigenvalue weighted by atomic mass is 9.93. The van der Waals surface area contributed by atoms with Gasteiger partial charge in [-0.15, -0.1) is 0 Å². The van der Waals surface area contributed by atoms with Crippen molar-refractivity contribution in [3.63, 3.8) is 0 Å². The maximum atomic E-state index is 12.2. The van der Waals surface area contributed by atoms with Crippen molar-refractivity contribution in [2.75, 3.05) is 31.2 Å². The first kappa shape index (κ1) is 16.2. The number of hydrogen-bond donors (Lipinski definition) is 1. The Morgan fingerprint density at radius 3 is 2.61 bits per heavy atom. The number of piperidine rings is 1. The van der Waals surface area contributed by atoms with Crippen LogP contribution in [0.2, 0.25) is 0 Å². The van der Waals surface area contributed by atoms with E-state index in [1.807, 2.05) is 6.92 Å². The number of nitrogens with one attached hydrogen (secondary N) is 1. The topological polar surface area (TPSA) is 67.4 Å². The minimum atomic E-state index is 0.200. The van der Waals surface area contributed by atoms with E-state index in [0.29, 0.717) is 18.4 Å².